The molecular weight excluding hydrogens is 302 g/mol. The molecule has 0 spiro atoms. The fourth-order valence-electron chi connectivity index (χ4n) is 2.80. The minimum atomic E-state index is 0.0882. The van der Waals surface area contributed by atoms with E-state index >= 15 is 0 Å². The molecule has 1 aromatic carbocycles. The molecule has 0 saturated carbocycles. The third kappa shape index (κ3) is 5.32. The number of thiocarbonyl (C=S) groups is 1. The van der Waals surface area contributed by atoms with Gasteiger partial charge in [0, 0.05) is 12.2 Å². The second-order valence-corrected chi connectivity index (χ2v) is 7.08. The first-order valence-electron chi connectivity index (χ1n) is 7.92. The Kier molecular flexibility index (Phi) is 5.72. The van der Waals surface area contributed by atoms with Gasteiger partial charge in [0.25, 0.3) is 0 Å². The van der Waals surface area contributed by atoms with Crippen LogP contribution in [0.5, 0.6) is 0 Å². The van der Waals surface area contributed by atoms with Gasteiger partial charge in [-0.25, -0.2) is 4.98 Å². The van der Waals surface area contributed by atoms with Gasteiger partial charge in [0.15, 0.2) is 5.11 Å². The molecule has 4 heteroatoms. The molecule has 3 nitrogen and oxygen atoms in total. The van der Waals surface area contributed by atoms with Crippen LogP contribution >= 0.6 is 12.2 Å². The maximum atomic E-state index is 5.40. The first kappa shape index (κ1) is 17.4. The average Bonchev–Trinajstić information content (AvgIpc) is 2.47. The maximum Gasteiger partial charge on any atom is 0.172 e. The minimum Gasteiger partial charge on any atom is -0.360 e. The summed E-state index contributed by atoms with van der Waals surface area (Å²) in [4.78, 5) is 4.27. The molecule has 0 aliphatic heterocycles. The van der Waals surface area contributed by atoms with E-state index in [0.29, 0.717) is 5.11 Å². The van der Waals surface area contributed by atoms with Crippen molar-refractivity contribution in [2.24, 2.45) is 0 Å². The molecule has 2 aromatic rings. The first-order valence-corrected chi connectivity index (χ1v) is 8.33. The van der Waals surface area contributed by atoms with Crippen molar-refractivity contribution >= 4 is 23.1 Å². The monoisotopic (exact) mass is 327 g/mol. The number of benzene rings is 1. The van der Waals surface area contributed by atoms with Crippen LogP contribution in [0.4, 0.5) is 5.82 Å². The molecule has 1 aromatic heterocycles. The average molecular weight is 327 g/mol. The molecule has 2 rings (SSSR count). The molecule has 0 aliphatic rings. The third-order valence-electron chi connectivity index (χ3n) is 3.91. The summed E-state index contributed by atoms with van der Waals surface area (Å²) in [5.74, 6) is 0.775. The zero-order chi connectivity index (χ0) is 16.9. The van der Waals surface area contributed by atoms with Gasteiger partial charge in [0.05, 0.1) is 0 Å². The number of aromatic nitrogens is 1. The van der Waals surface area contributed by atoms with E-state index in [1.807, 2.05) is 19.1 Å². The molecule has 0 aliphatic carbocycles. The Hall–Kier alpha value is -1.94. The number of rotatable bonds is 5. The highest BCUT2D eigenvalue weighted by molar-refractivity contribution is 7.80. The van der Waals surface area contributed by atoms with Crippen molar-refractivity contribution in [3.63, 3.8) is 0 Å². The van der Waals surface area contributed by atoms with Crippen molar-refractivity contribution in [2.45, 2.75) is 45.6 Å². The molecule has 1 atom stereocenters. The lowest BCUT2D eigenvalue weighted by molar-refractivity contribution is 0.420. The largest absolute Gasteiger partial charge is 0.360 e. The Bertz CT molecular complexity index is 653. The lowest BCUT2D eigenvalue weighted by Crippen LogP contribution is -2.39. The lowest BCUT2D eigenvalue weighted by atomic mass is 9.79. The van der Waals surface area contributed by atoms with Crippen LogP contribution in [0.2, 0.25) is 0 Å². The number of hydrogen-bond acceptors (Lipinski definition) is 2. The van der Waals surface area contributed by atoms with Crippen molar-refractivity contribution in [3.05, 3.63) is 59.8 Å². The van der Waals surface area contributed by atoms with Crippen LogP contribution in [0.25, 0.3) is 0 Å². The van der Waals surface area contributed by atoms with E-state index in [-0.39, 0.29) is 11.5 Å². The summed E-state index contributed by atoms with van der Waals surface area (Å²) in [6.45, 7) is 8.72. The molecular formula is C19H25N3S. The lowest BCUT2D eigenvalue weighted by Gasteiger charge is -2.29. The second kappa shape index (κ2) is 7.55. The molecule has 0 radical (unpaired) electrons. The summed E-state index contributed by atoms with van der Waals surface area (Å²) in [6, 6.07) is 14.8. The van der Waals surface area contributed by atoms with Gasteiger partial charge < -0.3 is 10.6 Å². The van der Waals surface area contributed by atoms with Crippen LogP contribution in [-0.4, -0.2) is 16.1 Å². The van der Waals surface area contributed by atoms with Gasteiger partial charge in [0.2, 0.25) is 0 Å². The number of aryl methyl sites for hydroxylation is 1. The number of anilines is 1. The number of hydrogen-bond donors (Lipinski definition) is 2. The zero-order valence-corrected chi connectivity index (χ0v) is 15.1. The van der Waals surface area contributed by atoms with Gasteiger partial charge >= 0.3 is 0 Å². The summed E-state index contributed by atoms with van der Waals surface area (Å²) in [6.07, 6.45) is 2.77. The first-order chi connectivity index (χ1) is 10.9. The highest BCUT2D eigenvalue weighted by Gasteiger charge is 2.23. The maximum absolute atomic E-state index is 5.40. The Morgan fingerprint density at radius 1 is 1.22 bits per heavy atom. The van der Waals surface area contributed by atoms with Gasteiger partial charge in [-0.15, -0.1) is 0 Å². The van der Waals surface area contributed by atoms with E-state index in [2.05, 4.69) is 66.7 Å². The fraction of sp³-hybridized carbons (Fsp3) is 0.368. The Labute approximate surface area is 144 Å². The van der Waals surface area contributed by atoms with Crippen molar-refractivity contribution < 1.29 is 0 Å². The van der Waals surface area contributed by atoms with E-state index in [4.69, 9.17) is 12.2 Å². The van der Waals surface area contributed by atoms with Crippen molar-refractivity contribution in [1.29, 1.82) is 0 Å². The Morgan fingerprint density at radius 2 is 1.91 bits per heavy atom. The van der Waals surface area contributed by atoms with Crippen molar-refractivity contribution in [2.75, 3.05) is 5.32 Å². The summed E-state index contributed by atoms with van der Waals surface area (Å²) >= 11 is 5.40. The van der Waals surface area contributed by atoms with Crippen LogP contribution in [0, 0.1) is 6.92 Å². The van der Waals surface area contributed by atoms with E-state index in [1.54, 1.807) is 6.20 Å². The Balaban J connectivity index is 1.91. The van der Waals surface area contributed by atoms with E-state index in [1.165, 1.54) is 5.56 Å². The van der Waals surface area contributed by atoms with E-state index in [9.17, 15) is 0 Å². The van der Waals surface area contributed by atoms with Crippen LogP contribution in [0.1, 0.15) is 38.3 Å². The molecule has 0 unspecified atom stereocenters. The molecule has 0 saturated heterocycles. The Morgan fingerprint density at radius 3 is 2.57 bits per heavy atom. The van der Waals surface area contributed by atoms with Crippen LogP contribution in [0.15, 0.2) is 48.7 Å². The number of nitrogens with zero attached hydrogens (tertiary/aromatic N) is 1. The van der Waals surface area contributed by atoms with Gasteiger partial charge in [-0.3, -0.25) is 0 Å². The minimum absolute atomic E-state index is 0.0882. The summed E-state index contributed by atoms with van der Waals surface area (Å²) < 4.78 is 0. The van der Waals surface area contributed by atoms with Crippen LogP contribution in [-0.2, 0) is 5.41 Å². The van der Waals surface area contributed by atoms with Crippen LogP contribution < -0.4 is 10.6 Å². The third-order valence-corrected chi connectivity index (χ3v) is 4.13. The molecule has 0 fully saturated rings. The second-order valence-electron chi connectivity index (χ2n) is 6.67. The van der Waals surface area contributed by atoms with Gasteiger partial charge in [-0.2, -0.15) is 0 Å². The summed E-state index contributed by atoms with van der Waals surface area (Å²) in [5.41, 5.74) is 2.58. The molecule has 0 bridgehead atoms. The van der Waals surface area contributed by atoms with Crippen molar-refractivity contribution in [3.8, 4) is 0 Å². The van der Waals surface area contributed by atoms with E-state index in [0.717, 1.165) is 17.8 Å². The number of nitrogens with one attached hydrogen (secondary N) is 2. The topological polar surface area (TPSA) is 37.0 Å². The standard InChI is InChI=1S/C19H25N3S/c1-14-10-11-20-17(12-14)22-18(23)21-15(2)13-19(3,4)16-8-6-5-7-9-16/h5-12,15H,13H2,1-4H3,(H2,20,21,22,23)/t15-/m1/s1. The number of pyridine rings is 1. The van der Waals surface area contributed by atoms with Gasteiger partial charge in [-0.05, 0) is 61.2 Å². The summed E-state index contributed by atoms with van der Waals surface area (Å²) in [7, 11) is 0. The fourth-order valence-corrected chi connectivity index (χ4v) is 3.11. The van der Waals surface area contributed by atoms with Crippen molar-refractivity contribution in [1.82, 2.24) is 10.3 Å². The highest BCUT2D eigenvalue weighted by atomic mass is 32.1. The van der Waals surface area contributed by atoms with E-state index < -0.39 is 0 Å². The normalized spacial score (nSPS) is 12.5. The predicted octanol–water partition coefficient (Wildman–Crippen LogP) is 4.43. The molecule has 0 amide bonds. The SMILES string of the molecule is Cc1ccnc(NC(=S)N[C@H](C)CC(C)(C)c2ccccc2)c1. The molecule has 122 valence electrons. The quantitative estimate of drug-likeness (QED) is 0.797. The van der Waals surface area contributed by atoms with Gasteiger partial charge in [-0.1, -0.05) is 44.2 Å². The smallest absolute Gasteiger partial charge is 0.172 e. The predicted molar refractivity (Wildman–Crippen MR) is 102 cm³/mol. The summed E-state index contributed by atoms with van der Waals surface area (Å²) in [5, 5.41) is 7.11. The van der Waals surface area contributed by atoms with Crippen LogP contribution in [0.3, 0.4) is 0 Å². The molecule has 23 heavy (non-hydrogen) atoms. The molecule has 2 N–H and O–H groups in total. The van der Waals surface area contributed by atoms with Gasteiger partial charge in [0.1, 0.15) is 5.82 Å². The molecule has 1 heterocycles. The zero-order valence-electron chi connectivity index (χ0n) is 14.3. The highest BCUT2D eigenvalue weighted by Crippen LogP contribution is 2.28.